The number of rotatable bonds is 2. The SMILES string of the molecule is NC(CO)C(=O)N1CCCCC1. The van der Waals surface area contributed by atoms with Crippen LogP contribution in [0.5, 0.6) is 0 Å². The molecule has 0 aromatic carbocycles. The first-order valence-corrected chi connectivity index (χ1v) is 4.41. The molecule has 1 aliphatic rings. The summed E-state index contributed by atoms with van der Waals surface area (Å²) in [6.07, 6.45) is 3.31. The van der Waals surface area contributed by atoms with Gasteiger partial charge in [0.2, 0.25) is 5.91 Å². The summed E-state index contributed by atoms with van der Waals surface area (Å²) in [7, 11) is 0. The van der Waals surface area contributed by atoms with Gasteiger partial charge in [0.1, 0.15) is 6.04 Å². The number of carbonyl (C=O) groups is 1. The fourth-order valence-corrected chi connectivity index (χ4v) is 1.43. The maximum Gasteiger partial charge on any atom is 0.241 e. The molecule has 1 rings (SSSR count). The van der Waals surface area contributed by atoms with Crippen molar-refractivity contribution in [3.63, 3.8) is 0 Å². The summed E-state index contributed by atoms with van der Waals surface area (Å²) >= 11 is 0. The number of aliphatic hydroxyl groups is 1. The standard InChI is InChI=1S/C8H16N2O2/c9-7(6-11)8(12)10-4-2-1-3-5-10/h7,11H,1-6,9H2. The van der Waals surface area contributed by atoms with Crippen LogP contribution in [0.4, 0.5) is 0 Å². The second-order valence-corrected chi connectivity index (χ2v) is 3.18. The fourth-order valence-electron chi connectivity index (χ4n) is 1.43. The maximum absolute atomic E-state index is 11.4. The van der Waals surface area contributed by atoms with Crippen LogP contribution in [-0.2, 0) is 4.79 Å². The molecule has 0 aromatic heterocycles. The van der Waals surface area contributed by atoms with Crippen LogP contribution in [-0.4, -0.2) is 41.7 Å². The quantitative estimate of drug-likeness (QED) is 0.580. The van der Waals surface area contributed by atoms with Gasteiger partial charge in [-0.25, -0.2) is 0 Å². The van der Waals surface area contributed by atoms with Gasteiger partial charge in [-0.1, -0.05) is 0 Å². The van der Waals surface area contributed by atoms with Gasteiger partial charge in [0.05, 0.1) is 6.61 Å². The Morgan fingerprint density at radius 3 is 2.50 bits per heavy atom. The number of piperidine rings is 1. The molecule has 1 amide bonds. The van der Waals surface area contributed by atoms with Crippen molar-refractivity contribution in [1.82, 2.24) is 4.90 Å². The maximum atomic E-state index is 11.4. The highest BCUT2D eigenvalue weighted by Gasteiger charge is 2.21. The number of hydrogen-bond acceptors (Lipinski definition) is 3. The lowest BCUT2D eigenvalue weighted by Crippen LogP contribution is -2.47. The molecule has 70 valence electrons. The van der Waals surface area contributed by atoms with E-state index in [0.717, 1.165) is 25.9 Å². The monoisotopic (exact) mass is 172 g/mol. The Morgan fingerprint density at radius 1 is 1.42 bits per heavy atom. The first kappa shape index (κ1) is 9.48. The molecule has 4 nitrogen and oxygen atoms in total. The van der Waals surface area contributed by atoms with Crippen molar-refractivity contribution >= 4 is 5.91 Å². The summed E-state index contributed by atoms with van der Waals surface area (Å²) < 4.78 is 0. The highest BCUT2D eigenvalue weighted by molar-refractivity contribution is 5.81. The van der Waals surface area contributed by atoms with Crippen LogP contribution in [0.2, 0.25) is 0 Å². The van der Waals surface area contributed by atoms with Crippen molar-refractivity contribution in [3.8, 4) is 0 Å². The molecule has 0 aromatic rings. The predicted molar refractivity (Wildman–Crippen MR) is 45.5 cm³/mol. The van der Waals surface area contributed by atoms with E-state index in [0.29, 0.717) is 0 Å². The fraction of sp³-hybridized carbons (Fsp3) is 0.875. The zero-order valence-corrected chi connectivity index (χ0v) is 7.20. The van der Waals surface area contributed by atoms with Crippen molar-refractivity contribution in [2.24, 2.45) is 5.73 Å². The summed E-state index contributed by atoms with van der Waals surface area (Å²) in [6.45, 7) is 1.34. The number of carbonyl (C=O) groups excluding carboxylic acids is 1. The minimum absolute atomic E-state index is 0.114. The van der Waals surface area contributed by atoms with Gasteiger partial charge in [-0.15, -0.1) is 0 Å². The van der Waals surface area contributed by atoms with Gasteiger partial charge in [0.25, 0.3) is 0 Å². The van der Waals surface area contributed by atoms with E-state index in [4.69, 9.17) is 10.8 Å². The van der Waals surface area contributed by atoms with Gasteiger partial charge in [-0.3, -0.25) is 4.79 Å². The third-order valence-electron chi connectivity index (χ3n) is 2.18. The van der Waals surface area contributed by atoms with Crippen LogP contribution >= 0.6 is 0 Å². The summed E-state index contributed by atoms with van der Waals surface area (Å²) in [6, 6.07) is -0.719. The lowest BCUT2D eigenvalue weighted by atomic mass is 10.1. The number of nitrogens with zero attached hydrogens (tertiary/aromatic N) is 1. The van der Waals surface area contributed by atoms with E-state index in [1.807, 2.05) is 0 Å². The van der Waals surface area contributed by atoms with Crippen molar-refractivity contribution < 1.29 is 9.90 Å². The van der Waals surface area contributed by atoms with Crippen LogP contribution in [0.25, 0.3) is 0 Å². The van der Waals surface area contributed by atoms with E-state index >= 15 is 0 Å². The molecule has 0 bridgehead atoms. The van der Waals surface area contributed by atoms with Crippen molar-refractivity contribution in [3.05, 3.63) is 0 Å². The smallest absolute Gasteiger partial charge is 0.241 e. The Balaban J connectivity index is 2.39. The van der Waals surface area contributed by atoms with Gasteiger partial charge in [-0.05, 0) is 19.3 Å². The number of likely N-dealkylation sites (tertiary alicyclic amines) is 1. The van der Waals surface area contributed by atoms with E-state index in [1.54, 1.807) is 4.90 Å². The second kappa shape index (κ2) is 4.42. The minimum atomic E-state index is -0.719. The van der Waals surface area contributed by atoms with Gasteiger partial charge in [-0.2, -0.15) is 0 Å². The van der Waals surface area contributed by atoms with Crippen molar-refractivity contribution in [2.75, 3.05) is 19.7 Å². The Bertz CT molecular complexity index is 155. The number of hydrogen-bond donors (Lipinski definition) is 2. The predicted octanol–water partition coefficient (Wildman–Crippen LogP) is -0.682. The molecule has 4 heteroatoms. The van der Waals surface area contributed by atoms with Crippen LogP contribution in [0, 0.1) is 0 Å². The number of aliphatic hydroxyl groups excluding tert-OH is 1. The Kier molecular flexibility index (Phi) is 3.49. The first-order chi connectivity index (χ1) is 5.75. The normalized spacial score (nSPS) is 20.7. The van der Waals surface area contributed by atoms with Crippen molar-refractivity contribution in [2.45, 2.75) is 25.3 Å². The zero-order valence-electron chi connectivity index (χ0n) is 7.20. The van der Waals surface area contributed by atoms with E-state index in [1.165, 1.54) is 6.42 Å². The van der Waals surface area contributed by atoms with E-state index < -0.39 is 6.04 Å². The molecular formula is C8H16N2O2. The van der Waals surface area contributed by atoms with Crippen LogP contribution in [0.1, 0.15) is 19.3 Å². The topological polar surface area (TPSA) is 66.6 Å². The van der Waals surface area contributed by atoms with E-state index in [-0.39, 0.29) is 12.5 Å². The van der Waals surface area contributed by atoms with E-state index in [9.17, 15) is 4.79 Å². The molecule has 1 atom stereocenters. The average Bonchev–Trinajstić information content (AvgIpc) is 2.17. The second-order valence-electron chi connectivity index (χ2n) is 3.18. The minimum Gasteiger partial charge on any atom is -0.394 e. The van der Waals surface area contributed by atoms with Gasteiger partial charge < -0.3 is 15.7 Å². The number of amides is 1. The Morgan fingerprint density at radius 2 is 2.00 bits per heavy atom. The Labute approximate surface area is 72.3 Å². The molecule has 1 fully saturated rings. The largest absolute Gasteiger partial charge is 0.394 e. The lowest BCUT2D eigenvalue weighted by molar-refractivity contribution is -0.134. The third-order valence-corrected chi connectivity index (χ3v) is 2.18. The molecule has 0 radical (unpaired) electrons. The van der Waals surface area contributed by atoms with Crippen LogP contribution < -0.4 is 5.73 Å². The van der Waals surface area contributed by atoms with Crippen LogP contribution in [0.3, 0.4) is 0 Å². The highest BCUT2D eigenvalue weighted by atomic mass is 16.3. The van der Waals surface area contributed by atoms with Crippen molar-refractivity contribution in [1.29, 1.82) is 0 Å². The summed E-state index contributed by atoms with van der Waals surface area (Å²) in [4.78, 5) is 13.1. The molecule has 1 aliphatic heterocycles. The zero-order chi connectivity index (χ0) is 8.97. The summed E-state index contributed by atoms with van der Waals surface area (Å²) in [5.74, 6) is -0.114. The molecule has 1 unspecified atom stereocenters. The first-order valence-electron chi connectivity index (χ1n) is 4.41. The summed E-state index contributed by atoms with van der Waals surface area (Å²) in [5, 5.41) is 8.66. The number of nitrogens with two attached hydrogens (primary N) is 1. The molecule has 3 N–H and O–H groups in total. The van der Waals surface area contributed by atoms with E-state index in [2.05, 4.69) is 0 Å². The Hall–Kier alpha value is -0.610. The molecule has 0 spiro atoms. The third kappa shape index (κ3) is 2.19. The summed E-state index contributed by atoms with van der Waals surface area (Å²) in [5.41, 5.74) is 5.41. The molecule has 12 heavy (non-hydrogen) atoms. The molecule has 0 aliphatic carbocycles. The van der Waals surface area contributed by atoms with Gasteiger partial charge in [0, 0.05) is 13.1 Å². The average molecular weight is 172 g/mol. The van der Waals surface area contributed by atoms with Gasteiger partial charge >= 0.3 is 0 Å². The van der Waals surface area contributed by atoms with Crippen LogP contribution in [0.15, 0.2) is 0 Å². The lowest BCUT2D eigenvalue weighted by Gasteiger charge is -2.28. The molecular weight excluding hydrogens is 156 g/mol. The molecule has 1 heterocycles. The molecule has 0 saturated carbocycles. The van der Waals surface area contributed by atoms with Gasteiger partial charge in [0.15, 0.2) is 0 Å². The molecule has 1 saturated heterocycles. The highest BCUT2D eigenvalue weighted by Crippen LogP contribution is 2.09.